The van der Waals surface area contributed by atoms with Crippen molar-refractivity contribution in [2.24, 2.45) is 5.10 Å². The first-order valence-electron chi connectivity index (χ1n) is 13.3. The predicted octanol–water partition coefficient (Wildman–Crippen LogP) is 5.19. The van der Waals surface area contributed by atoms with E-state index in [1.54, 1.807) is 13.3 Å². The second-order valence-corrected chi connectivity index (χ2v) is 9.83. The van der Waals surface area contributed by atoms with Crippen molar-refractivity contribution in [2.75, 3.05) is 38.2 Å². The maximum absolute atomic E-state index is 12.7. The van der Waals surface area contributed by atoms with Gasteiger partial charge in [-0.25, -0.2) is 5.43 Å². The van der Waals surface area contributed by atoms with Crippen LogP contribution >= 0.6 is 0 Å². The zero-order valence-electron chi connectivity index (χ0n) is 22.8. The predicted molar refractivity (Wildman–Crippen MR) is 157 cm³/mol. The number of aryl methyl sites for hydroxylation is 1. The van der Waals surface area contributed by atoms with Crippen LogP contribution < -0.4 is 15.1 Å². The molecule has 1 amide bonds. The van der Waals surface area contributed by atoms with Crippen molar-refractivity contribution >= 4 is 17.8 Å². The Kier molecular flexibility index (Phi) is 8.08. The first-order valence-corrected chi connectivity index (χ1v) is 13.3. The molecule has 1 aromatic heterocycles. The number of benzene rings is 3. The molecule has 0 aliphatic carbocycles. The highest BCUT2D eigenvalue weighted by atomic mass is 16.5. The van der Waals surface area contributed by atoms with E-state index < -0.39 is 0 Å². The smallest absolute Gasteiger partial charge is 0.271 e. The van der Waals surface area contributed by atoms with E-state index in [9.17, 15) is 4.79 Å². The number of nitrogens with one attached hydrogen (secondary N) is 1. The minimum Gasteiger partial charge on any atom is -0.495 e. The molecule has 1 aliphatic rings. The number of piperazine rings is 1. The average Bonchev–Trinajstić information content (AvgIpc) is 3.26. The number of hydrogen-bond donors (Lipinski definition) is 1. The lowest BCUT2D eigenvalue weighted by molar-refractivity contribution is 0.0955. The molecule has 3 aromatic carbocycles. The molecule has 1 fully saturated rings. The van der Waals surface area contributed by atoms with Crippen molar-refractivity contribution in [3.63, 3.8) is 0 Å². The van der Waals surface area contributed by atoms with Gasteiger partial charge in [-0.05, 0) is 61.9 Å². The molecule has 1 aliphatic heterocycles. The molecule has 200 valence electrons. The van der Waals surface area contributed by atoms with Crippen LogP contribution in [0.5, 0.6) is 5.75 Å². The van der Waals surface area contributed by atoms with Crippen LogP contribution in [0.1, 0.15) is 32.9 Å². The Morgan fingerprint density at radius 3 is 2.33 bits per heavy atom. The fourth-order valence-corrected chi connectivity index (χ4v) is 5.18. The Balaban J connectivity index is 1.14. The average molecular weight is 522 g/mol. The van der Waals surface area contributed by atoms with E-state index in [0.29, 0.717) is 5.56 Å². The first kappa shape index (κ1) is 26.3. The highest BCUT2D eigenvalue weighted by Gasteiger charge is 2.19. The third kappa shape index (κ3) is 6.04. The van der Waals surface area contributed by atoms with Gasteiger partial charge >= 0.3 is 0 Å². The minimum absolute atomic E-state index is 0.222. The SMILES string of the molecule is COc1ccccc1N1CCN(Cc2ccc(C(=O)N/N=C\c3cc(C)n(-c4ccccc4)c3C)cc2)CC1. The number of methoxy groups -OCH3 is 1. The second kappa shape index (κ2) is 12.0. The molecule has 1 saturated heterocycles. The number of anilines is 1. The van der Waals surface area contributed by atoms with Gasteiger partial charge in [-0.1, -0.05) is 42.5 Å². The summed E-state index contributed by atoms with van der Waals surface area (Å²) in [6, 6.07) is 28.3. The van der Waals surface area contributed by atoms with E-state index in [4.69, 9.17) is 4.74 Å². The molecule has 5 rings (SSSR count). The van der Waals surface area contributed by atoms with Gasteiger partial charge in [0.15, 0.2) is 0 Å². The Bertz CT molecular complexity index is 1440. The van der Waals surface area contributed by atoms with Crippen molar-refractivity contribution in [3.05, 3.63) is 113 Å². The molecule has 4 aromatic rings. The summed E-state index contributed by atoms with van der Waals surface area (Å²) in [5.41, 5.74) is 9.86. The van der Waals surface area contributed by atoms with Gasteiger partial charge in [0, 0.05) is 60.9 Å². The normalized spacial score (nSPS) is 14.1. The zero-order valence-corrected chi connectivity index (χ0v) is 22.8. The summed E-state index contributed by atoms with van der Waals surface area (Å²) in [4.78, 5) is 17.5. The Morgan fingerprint density at radius 2 is 1.62 bits per heavy atom. The highest BCUT2D eigenvalue weighted by Crippen LogP contribution is 2.28. The van der Waals surface area contributed by atoms with E-state index in [0.717, 1.165) is 66.8 Å². The molecule has 0 bridgehead atoms. The minimum atomic E-state index is -0.222. The standard InChI is InChI=1S/C32H35N5O2/c1-24-21-28(25(2)37(24)29-9-5-4-6-10-29)22-33-34-32(38)27-15-13-26(14-16-27)23-35-17-19-36(20-18-35)30-11-7-8-12-31(30)39-3/h4-16,21-22H,17-20,23H2,1-3H3,(H,34,38)/b33-22-. The number of rotatable bonds is 8. The molecule has 7 heteroatoms. The summed E-state index contributed by atoms with van der Waals surface area (Å²) in [6.45, 7) is 8.83. The number of hydrazone groups is 1. The fourth-order valence-electron chi connectivity index (χ4n) is 5.18. The molecule has 0 radical (unpaired) electrons. The van der Waals surface area contributed by atoms with Gasteiger partial charge in [0.05, 0.1) is 19.0 Å². The van der Waals surface area contributed by atoms with Crippen LogP contribution in [0.2, 0.25) is 0 Å². The maximum Gasteiger partial charge on any atom is 0.271 e. The molecule has 1 N–H and O–H groups in total. The number of para-hydroxylation sites is 3. The fraction of sp³-hybridized carbons (Fsp3) is 0.250. The number of aromatic nitrogens is 1. The van der Waals surface area contributed by atoms with E-state index in [1.807, 2.05) is 54.6 Å². The highest BCUT2D eigenvalue weighted by molar-refractivity contribution is 5.95. The molecular weight excluding hydrogens is 486 g/mol. The molecule has 0 spiro atoms. The summed E-state index contributed by atoms with van der Waals surface area (Å²) in [7, 11) is 1.72. The number of amides is 1. The van der Waals surface area contributed by atoms with Crippen LogP contribution in [0.25, 0.3) is 5.69 Å². The molecule has 0 saturated carbocycles. The van der Waals surface area contributed by atoms with Crippen molar-refractivity contribution in [1.29, 1.82) is 0 Å². The molecule has 39 heavy (non-hydrogen) atoms. The lowest BCUT2D eigenvalue weighted by atomic mass is 10.1. The van der Waals surface area contributed by atoms with Gasteiger partial charge < -0.3 is 14.2 Å². The molecule has 7 nitrogen and oxygen atoms in total. The van der Waals surface area contributed by atoms with Gasteiger partial charge in [0.25, 0.3) is 5.91 Å². The number of carbonyl (C=O) groups is 1. The third-order valence-electron chi connectivity index (χ3n) is 7.27. The summed E-state index contributed by atoms with van der Waals surface area (Å²) in [5.74, 6) is 0.695. The van der Waals surface area contributed by atoms with Crippen molar-refractivity contribution < 1.29 is 9.53 Å². The van der Waals surface area contributed by atoms with Crippen LogP contribution in [-0.2, 0) is 6.54 Å². The van der Waals surface area contributed by atoms with Crippen LogP contribution in [0, 0.1) is 13.8 Å². The maximum atomic E-state index is 12.7. The van der Waals surface area contributed by atoms with Gasteiger partial charge in [-0.3, -0.25) is 9.69 Å². The summed E-state index contributed by atoms with van der Waals surface area (Å²) in [6.07, 6.45) is 1.71. The summed E-state index contributed by atoms with van der Waals surface area (Å²) >= 11 is 0. The van der Waals surface area contributed by atoms with E-state index in [2.05, 4.69) is 69.1 Å². The molecule has 0 unspecified atom stereocenters. The summed E-state index contributed by atoms with van der Waals surface area (Å²) < 4.78 is 7.71. The van der Waals surface area contributed by atoms with E-state index >= 15 is 0 Å². The molecule has 2 heterocycles. The van der Waals surface area contributed by atoms with Crippen LogP contribution in [-0.4, -0.2) is 54.9 Å². The third-order valence-corrected chi connectivity index (χ3v) is 7.27. The van der Waals surface area contributed by atoms with Gasteiger partial charge in [0.2, 0.25) is 0 Å². The first-order chi connectivity index (χ1) is 19.0. The molecule has 0 atom stereocenters. The van der Waals surface area contributed by atoms with Crippen molar-refractivity contribution in [3.8, 4) is 11.4 Å². The number of carbonyl (C=O) groups excluding carboxylic acids is 1. The van der Waals surface area contributed by atoms with Gasteiger partial charge in [0.1, 0.15) is 5.75 Å². The number of hydrogen-bond acceptors (Lipinski definition) is 5. The topological polar surface area (TPSA) is 62.1 Å². The van der Waals surface area contributed by atoms with Crippen LogP contribution in [0.3, 0.4) is 0 Å². The lowest BCUT2D eigenvalue weighted by Gasteiger charge is -2.36. The van der Waals surface area contributed by atoms with E-state index in [1.165, 1.54) is 5.56 Å². The Labute approximate surface area is 230 Å². The van der Waals surface area contributed by atoms with E-state index in [-0.39, 0.29) is 5.91 Å². The largest absolute Gasteiger partial charge is 0.495 e. The summed E-state index contributed by atoms with van der Waals surface area (Å²) in [5, 5.41) is 4.23. The van der Waals surface area contributed by atoms with Gasteiger partial charge in [-0.2, -0.15) is 5.10 Å². The Morgan fingerprint density at radius 1 is 0.923 bits per heavy atom. The van der Waals surface area contributed by atoms with Crippen LogP contribution in [0.4, 0.5) is 5.69 Å². The monoisotopic (exact) mass is 521 g/mol. The van der Waals surface area contributed by atoms with Gasteiger partial charge in [-0.15, -0.1) is 0 Å². The second-order valence-electron chi connectivity index (χ2n) is 9.83. The Hall–Kier alpha value is -4.36. The molecular formula is C32H35N5O2. The quantitative estimate of drug-likeness (QED) is 0.256. The lowest BCUT2D eigenvalue weighted by Crippen LogP contribution is -2.46. The number of nitrogens with zero attached hydrogens (tertiary/aromatic N) is 4. The van der Waals surface area contributed by atoms with Crippen LogP contribution in [0.15, 0.2) is 90.0 Å². The zero-order chi connectivity index (χ0) is 27.2. The van der Waals surface area contributed by atoms with Crippen molar-refractivity contribution in [1.82, 2.24) is 14.9 Å². The van der Waals surface area contributed by atoms with Crippen molar-refractivity contribution in [2.45, 2.75) is 20.4 Å². The number of ether oxygens (including phenoxy) is 1.